The van der Waals surface area contributed by atoms with Gasteiger partial charge in [0.25, 0.3) is 0 Å². The maximum atomic E-state index is 12.9. The van der Waals surface area contributed by atoms with Gasteiger partial charge in [-0.05, 0) is 66.9 Å². The number of aromatic nitrogens is 3. The van der Waals surface area contributed by atoms with Crippen LogP contribution in [0.15, 0.2) is 85.2 Å². The second kappa shape index (κ2) is 10.6. The highest BCUT2D eigenvalue weighted by Gasteiger charge is 2.24. The normalized spacial score (nSPS) is 11.5. The fraction of sp³-hybridized carbons (Fsp3) is 0.192. The maximum absolute atomic E-state index is 12.9. The smallest absolute Gasteiger partial charge is 0.309 e. The number of nitrogens with zero attached hydrogens (tertiary/aromatic N) is 3. The van der Waals surface area contributed by atoms with E-state index in [4.69, 9.17) is 14.0 Å². The minimum Gasteiger partial charge on any atom is -0.309 e. The molecule has 168 valence electrons. The quantitative estimate of drug-likeness (QED) is 0.261. The first kappa shape index (κ1) is 23.0. The van der Waals surface area contributed by atoms with Gasteiger partial charge in [0.1, 0.15) is 0 Å². The van der Waals surface area contributed by atoms with Crippen LogP contribution >= 0.6 is 7.60 Å². The Kier molecular flexibility index (Phi) is 7.40. The highest BCUT2D eigenvalue weighted by molar-refractivity contribution is 7.53. The van der Waals surface area contributed by atoms with Gasteiger partial charge in [-0.15, -0.1) is 0 Å². The van der Waals surface area contributed by atoms with Crippen molar-refractivity contribution in [3.63, 3.8) is 0 Å². The second-order valence-electron chi connectivity index (χ2n) is 7.36. The Morgan fingerprint density at radius 1 is 0.697 bits per heavy atom. The Labute approximate surface area is 194 Å². The van der Waals surface area contributed by atoms with Crippen molar-refractivity contribution >= 4 is 7.60 Å². The van der Waals surface area contributed by atoms with Crippen molar-refractivity contribution in [2.75, 3.05) is 13.2 Å². The predicted octanol–water partition coefficient (Wildman–Crippen LogP) is 6.64. The maximum Gasteiger partial charge on any atom is 0.335 e. The van der Waals surface area contributed by atoms with Crippen molar-refractivity contribution < 1.29 is 13.6 Å². The first-order valence-corrected chi connectivity index (χ1v) is 12.7. The van der Waals surface area contributed by atoms with Crippen LogP contribution < -0.4 is 0 Å². The van der Waals surface area contributed by atoms with E-state index in [9.17, 15) is 4.57 Å². The molecule has 4 aromatic rings. The van der Waals surface area contributed by atoms with Crippen molar-refractivity contribution in [1.82, 2.24) is 15.0 Å². The van der Waals surface area contributed by atoms with Crippen LogP contribution in [-0.4, -0.2) is 28.2 Å². The topological polar surface area (TPSA) is 74.2 Å². The average molecular weight is 459 g/mol. The molecule has 1 aromatic carbocycles. The number of hydrogen-bond acceptors (Lipinski definition) is 6. The highest BCUT2D eigenvalue weighted by Crippen LogP contribution is 2.51. The van der Waals surface area contributed by atoms with Gasteiger partial charge in [0.05, 0.1) is 42.2 Å². The van der Waals surface area contributed by atoms with Gasteiger partial charge in [0.15, 0.2) is 0 Å². The van der Waals surface area contributed by atoms with E-state index in [1.54, 1.807) is 12.4 Å². The monoisotopic (exact) mass is 459 g/mol. The van der Waals surface area contributed by atoms with Crippen LogP contribution in [0, 0.1) is 0 Å². The van der Waals surface area contributed by atoms with E-state index >= 15 is 0 Å². The van der Waals surface area contributed by atoms with Crippen LogP contribution in [-0.2, 0) is 19.8 Å². The molecule has 0 saturated carbocycles. The number of pyridine rings is 3. The third kappa shape index (κ3) is 5.79. The molecule has 0 aliphatic carbocycles. The molecule has 0 aliphatic heterocycles. The molecule has 0 N–H and O–H groups in total. The summed E-state index contributed by atoms with van der Waals surface area (Å²) in [4.78, 5) is 13.7. The summed E-state index contributed by atoms with van der Waals surface area (Å²) in [6, 6.07) is 23.5. The summed E-state index contributed by atoms with van der Waals surface area (Å²) in [6.07, 6.45) is 3.76. The van der Waals surface area contributed by atoms with E-state index in [1.807, 2.05) is 86.6 Å². The Bertz CT molecular complexity index is 1170. The molecule has 0 atom stereocenters. The van der Waals surface area contributed by atoms with Crippen LogP contribution in [0.25, 0.3) is 33.9 Å². The Morgan fingerprint density at radius 2 is 1.24 bits per heavy atom. The fourth-order valence-corrected chi connectivity index (χ4v) is 5.24. The molecule has 0 radical (unpaired) electrons. The van der Waals surface area contributed by atoms with Crippen molar-refractivity contribution in [2.24, 2.45) is 0 Å². The highest BCUT2D eigenvalue weighted by atomic mass is 31.2. The second-order valence-corrected chi connectivity index (χ2v) is 9.41. The summed E-state index contributed by atoms with van der Waals surface area (Å²) in [5.74, 6) is 0. The molecule has 3 heterocycles. The van der Waals surface area contributed by atoms with E-state index in [1.165, 1.54) is 0 Å². The van der Waals surface area contributed by atoms with Crippen molar-refractivity contribution in [3.8, 4) is 33.9 Å². The number of benzene rings is 1. The minimum atomic E-state index is -3.15. The van der Waals surface area contributed by atoms with E-state index in [0.29, 0.717) is 13.2 Å². The lowest BCUT2D eigenvalue weighted by atomic mass is 10.0. The number of rotatable bonds is 9. The third-order valence-corrected chi connectivity index (χ3v) is 7.05. The first-order chi connectivity index (χ1) is 16.1. The van der Waals surface area contributed by atoms with Crippen molar-refractivity contribution in [2.45, 2.75) is 20.0 Å². The predicted molar refractivity (Wildman–Crippen MR) is 131 cm³/mol. The summed E-state index contributed by atoms with van der Waals surface area (Å²) in [5.41, 5.74) is 6.04. The zero-order chi connectivity index (χ0) is 23.1. The van der Waals surface area contributed by atoms with Gasteiger partial charge < -0.3 is 9.05 Å². The molecule has 6 nitrogen and oxygen atoms in total. The van der Waals surface area contributed by atoms with Crippen LogP contribution in [0.4, 0.5) is 0 Å². The van der Waals surface area contributed by atoms with Crippen LogP contribution in [0.1, 0.15) is 19.4 Å². The Balaban J connectivity index is 1.70. The summed E-state index contributed by atoms with van der Waals surface area (Å²) in [5, 5.41) is 0. The molecule has 0 bridgehead atoms. The molecule has 0 amide bonds. The van der Waals surface area contributed by atoms with E-state index in [0.717, 1.165) is 39.5 Å². The van der Waals surface area contributed by atoms with Crippen LogP contribution in [0.5, 0.6) is 0 Å². The van der Waals surface area contributed by atoms with Gasteiger partial charge in [-0.25, -0.2) is 4.98 Å². The van der Waals surface area contributed by atoms with Crippen molar-refractivity contribution in [3.05, 3.63) is 90.8 Å². The zero-order valence-electron chi connectivity index (χ0n) is 18.7. The lowest BCUT2D eigenvalue weighted by Gasteiger charge is -2.17. The van der Waals surface area contributed by atoms with Crippen LogP contribution in [0.3, 0.4) is 0 Å². The third-order valence-electron chi connectivity index (χ3n) is 5.00. The summed E-state index contributed by atoms with van der Waals surface area (Å²) < 4.78 is 23.7. The van der Waals surface area contributed by atoms with Gasteiger partial charge in [-0.2, -0.15) is 0 Å². The van der Waals surface area contributed by atoms with Gasteiger partial charge in [-0.1, -0.05) is 36.4 Å². The molecule has 4 rings (SSSR count). The fourth-order valence-electron chi connectivity index (χ4n) is 3.54. The average Bonchev–Trinajstić information content (AvgIpc) is 2.85. The number of hydrogen-bond donors (Lipinski definition) is 0. The van der Waals surface area contributed by atoms with E-state index in [-0.39, 0.29) is 6.16 Å². The van der Waals surface area contributed by atoms with Gasteiger partial charge >= 0.3 is 7.60 Å². The van der Waals surface area contributed by atoms with Gasteiger partial charge in [0.2, 0.25) is 0 Å². The van der Waals surface area contributed by atoms with Crippen molar-refractivity contribution in [1.29, 1.82) is 0 Å². The van der Waals surface area contributed by atoms with Crippen LogP contribution in [0.2, 0.25) is 0 Å². The molecule has 33 heavy (non-hydrogen) atoms. The summed E-state index contributed by atoms with van der Waals surface area (Å²) in [7, 11) is -3.15. The van der Waals surface area contributed by atoms with Gasteiger partial charge in [0, 0.05) is 12.4 Å². The van der Waals surface area contributed by atoms with Gasteiger partial charge in [-0.3, -0.25) is 14.5 Å². The Hall–Kier alpha value is -3.18. The molecule has 0 aliphatic rings. The molecule has 0 unspecified atom stereocenters. The summed E-state index contributed by atoms with van der Waals surface area (Å²) in [6.45, 7) is 4.32. The molecule has 0 fully saturated rings. The minimum absolute atomic E-state index is 0.240. The SMILES string of the molecule is CCOP(=O)(Cc1ccc(-c2cc(-c3ccccn3)nc(-c3ccccn3)c2)cc1)OCC. The largest absolute Gasteiger partial charge is 0.335 e. The first-order valence-electron chi connectivity index (χ1n) is 10.9. The Morgan fingerprint density at radius 3 is 1.70 bits per heavy atom. The molecular weight excluding hydrogens is 433 g/mol. The molecule has 0 saturated heterocycles. The molecule has 0 spiro atoms. The lowest BCUT2D eigenvalue weighted by molar-refractivity contribution is 0.219. The summed E-state index contributed by atoms with van der Waals surface area (Å²) >= 11 is 0. The van der Waals surface area contributed by atoms with E-state index < -0.39 is 7.60 Å². The molecular formula is C26H26N3O3P. The molecule has 7 heteroatoms. The standard InChI is InChI=1S/C26H26N3O3P/c1-3-31-33(30,32-4-2)19-20-11-13-21(14-12-20)22-17-25(23-9-5-7-15-27-23)29-26(18-22)24-10-6-8-16-28-24/h5-18H,3-4,19H2,1-2H3. The lowest BCUT2D eigenvalue weighted by Crippen LogP contribution is -1.99. The van der Waals surface area contributed by atoms with E-state index in [2.05, 4.69) is 9.97 Å². The molecule has 3 aromatic heterocycles. The zero-order valence-corrected chi connectivity index (χ0v) is 19.6.